The zero-order valence-corrected chi connectivity index (χ0v) is 10.8. The van der Waals surface area contributed by atoms with Gasteiger partial charge in [0.15, 0.2) is 0 Å². The highest BCUT2D eigenvalue weighted by Crippen LogP contribution is 2.16. The standard InChI is InChI=1S/C11H18BrN2/c1-4-11-10(12)8-13-14(11)7-5-6-9(2)3/h9H,4-7H2,1-3H3. The molecule has 0 saturated carbocycles. The van der Waals surface area contributed by atoms with Gasteiger partial charge in [0, 0.05) is 6.54 Å². The maximum absolute atomic E-state index is 4.23. The fourth-order valence-corrected chi connectivity index (χ4v) is 2.08. The van der Waals surface area contributed by atoms with Crippen LogP contribution in [0.25, 0.3) is 0 Å². The molecule has 0 aliphatic heterocycles. The van der Waals surface area contributed by atoms with Crippen molar-refractivity contribution in [1.29, 1.82) is 0 Å². The molecule has 0 aliphatic rings. The number of nitrogens with zero attached hydrogens (tertiary/aromatic N) is 2. The van der Waals surface area contributed by atoms with Gasteiger partial charge in [-0.25, -0.2) is 0 Å². The van der Waals surface area contributed by atoms with E-state index in [-0.39, 0.29) is 0 Å². The Hall–Kier alpha value is -0.310. The molecule has 1 heterocycles. The second kappa shape index (κ2) is 5.54. The Kier molecular flexibility index (Phi) is 4.66. The highest BCUT2D eigenvalue weighted by Gasteiger charge is 2.06. The van der Waals surface area contributed by atoms with Gasteiger partial charge in [-0.2, -0.15) is 5.10 Å². The third-order valence-electron chi connectivity index (χ3n) is 2.32. The molecule has 0 atom stereocenters. The van der Waals surface area contributed by atoms with Crippen molar-refractivity contribution in [2.75, 3.05) is 0 Å². The first kappa shape index (κ1) is 11.8. The summed E-state index contributed by atoms with van der Waals surface area (Å²) in [5.41, 5.74) is 1.26. The first-order valence-corrected chi connectivity index (χ1v) is 6.07. The zero-order chi connectivity index (χ0) is 10.6. The van der Waals surface area contributed by atoms with E-state index in [2.05, 4.69) is 52.7 Å². The molecule has 0 aromatic carbocycles. The Balaban J connectivity index is 2.50. The highest BCUT2D eigenvalue weighted by atomic mass is 79.9. The largest absolute Gasteiger partial charge is 0.268 e. The molecular weight excluding hydrogens is 240 g/mol. The molecule has 0 saturated heterocycles. The predicted octanol–water partition coefficient (Wildman–Crippen LogP) is 3.44. The molecule has 0 aliphatic carbocycles. The molecule has 1 radical (unpaired) electrons. The summed E-state index contributed by atoms with van der Waals surface area (Å²) in [6.45, 7) is 7.68. The fraction of sp³-hybridized carbons (Fsp3) is 0.727. The lowest BCUT2D eigenvalue weighted by atomic mass is 10.1. The molecule has 0 N–H and O–H groups in total. The van der Waals surface area contributed by atoms with Crippen LogP contribution in [0.15, 0.2) is 4.47 Å². The summed E-state index contributed by atoms with van der Waals surface area (Å²) in [5.74, 6) is 0.781. The van der Waals surface area contributed by atoms with Gasteiger partial charge in [-0.05, 0) is 41.1 Å². The molecule has 1 aromatic heterocycles. The lowest BCUT2D eigenvalue weighted by Gasteiger charge is -2.07. The second-order valence-corrected chi connectivity index (χ2v) is 4.78. The SMILES string of the molecule is CCc1c(Br)[c]nn1CCCC(C)C. The van der Waals surface area contributed by atoms with Gasteiger partial charge in [-0.15, -0.1) is 0 Å². The molecule has 0 amide bonds. The van der Waals surface area contributed by atoms with E-state index in [1.54, 1.807) is 0 Å². The third-order valence-corrected chi connectivity index (χ3v) is 2.96. The summed E-state index contributed by atoms with van der Waals surface area (Å²) in [5, 5.41) is 4.23. The number of halogens is 1. The van der Waals surface area contributed by atoms with Gasteiger partial charge in [0.05, 0.1) is 10.2 Å². The van der Waals surface area contributed by atoms with Crippen LogP contribution >= 0.6 is 15.9 Å². The Labute approximate surface area is 94.8 Å². The van der Waals surface area contributed by atoms with Crippen LogP contribution < -0.4 is 0 Å². The Morgan fingerprint density at radius 3 is 2.79 bits per heavy atom. The quantitative estimate of drug-likeness (QED) is 0.791. The average molecular weight is 258 g/mol. The number of aryl methyl sites for hydroxylation is 1. The van der Waals surface area contributed by atoms with Crippen molar-refractivity contribution in [3.8, 4) is 0 Å². The van der Waals surface area contributed by atoms with E-state index in [0.717, 1.165) is 23.4 Å². The van der Waals surface area contributed by atoms with Gasteiger partial charge in [-0.3, -0.25) is 4.68 Å². The Bertz CT molecular complexity index is 279. The molecule has 0 bridgehead atoms. The lowest BCUT2D eigenvalue weighted by Crippen LogP contribution is -2.05. The number of rotatable bonds is 5. The van der Waals surface area contributed by atoms with Crippen molar-refractivity contribution >= 4 is 15.9 Å². The van der Waals surface area contributed by atoms with Gasteiger partial charge < -0.3 is 0 Å². The molecule has 14 heavy (non-hydrogen) atoms. The normalized spacial score (nSPS) is 11.2. The van der Waals surface area contributed by atoms with Crippen molar-refractivity contribution in [3.05, 3.63) is 16.4 Å². The zero-order valence-electron chi connectivity index (χ0n) is 9.18. The van der Waals surface area contributed by atoms with Crippen molar-refractivity contribution in [2.45, 2.75) is 46.6 Å². The molecule has 0 fully saturated rings. The molecule has 79 valence electrons. The van der Waals surface area contributed by atoms with Crippen LogP contribution in [-0.4, -0.2) is 9.78 Å². The smallest absolute Gasteiger partial charge is 0.128 e. The van der Waals surface area contributed by atoms with E-state index < -0.39 is 0 Å². The summed E-state index contributed by atoms with van der Waals surface area (Å²) in [6.07, 6.45) is 6.43. The summed E-state index contributed by atoms with van der Waals surface area (Å²) >= 11 is 3.46. The van der Waals surface area contributed by atoms with Crippen molar-refractivity contribution in [3.63, 3.8) is 0 Å². The molecule has 0 unspecified atom stereocenters. The Morgan fingerprint density at radius 2 is 2.21 bits per heavy atom. The van der Waals surface area contributed by atoms with E-state index in [9.17, 15) is 0 Å². The molecular formula is C11H18BrN2. The molecule has 1 rings (SSSR count). The maximum Gasteiger partial charge on any atom is 0.128 e. The second-order valence-electron chi connectivity index (χ2n) is 3.99. The first-order valence-electron chi connectivity index (χ1n) is 5.28. The first-order chi connectivity index (χ1) is 6.65. The third kappa shape index (κ3) is 3.12. The van der Waals surface area contributed by atoms with Crippen LogP contribution in [0, 0.1) is 12.1 Å². The van der Waals surface area contributed by atoms with Gasteiger partial charge in [0.25, 0.3) is 0 Å². The van der Waals surface area contributed by atoms with Crippen LogP contribution in [0.2, 0.25) is 0 Å². The molecule has 2 nitrogen and oxygen atoms in total. The fourth-order valence-electron chi connectivity index (χ4n) is 1.51. The summed E-state index contributed by atoms with van der Waals surface area (Å²) in [7, 11) is 0. The lowest BCUT2D eigenvalue weighted by molar-refractivity contribution is 0.480. The minimum absolute atomic E-state index is 0.781. The van der Waals surface area contributed by atoms with E-state index in [1.165, 1.54) is 18.5 Å². The minimum Gasteiger partial charge on any atom is -0.268 e. The maximum atomic E-state index is 4.23. The number of hydrogen-bond acceptors (Lipinski definition) is 1. The van der Waals surface area contributed by atoms with Gasteiger partial charge in [0.2, 0.25) is 0 Å². The van der Waals surface area contributed by atoms with Crippen molar-refractivity contribution in [1.82, 2.24) is 9.78 Å². The van der Waals surface area contributed by atoms with Crippen LogP contribution in [-0.2, 0) is 13.0 Å². The summed E-state index contributed by atoms with van der Waals surface area (Å²) in [6, 6.07) is 0. The van der Waals surface area contributed by atoms with E-state index in [1.807, 2.05) is 0 Å². The molecule has 3 heteroatoms. The van der Waals surface area contributed by atoms with Gasteiger partial charge in [0.1, 0.15) is 6.20 Å². The van der Waals surface area contributed by atoms with Gasteiger partial charge >= 0.3 is 0 Å². The van der Waals surface area contributed by atoms with Crippen LogP contribution in [0.3, 0.4) is 0 Å². The van der Waals surface area contributed by atoms with Crippen LogP contribution in [0.4, 0.5) is 0 Å². The summed E-state index contributed by atoms with van der Waals surface area (Å²) in [4.78, 5) is 0. The van der Waals surface area contributed by atoms with E-state index in [0.29, 0.717) is 0 Å². The molecule has 0 spiro atoms. The summed E-state index contributed by atoms with van der Waals surface area (Å²) < 4.78 is 3.08. The average Bonchev–Trinajstić information content (AvgIpc) is 2.46. The Morgan fingerprint density at radius 1 is 1.50 bits per heavy atom. The van der Waals surface area contributed by atoms with E-state index in [4.69, 9.17) is 0 Å². The predicted molar refractivity (Wildman–Crippen MR) is 62.2 cm³/mol. The number of hydrogen-bond donors (Lipinski definition) is 0. The monoisotopic (exact) mass is 257 g/mol. The minimum atomic E-state index is 0.781. The number of aromatic nitrogens is 2. The van der Waals surface area contributed by atoms with Crippen molar-refractivity contribution in [2.24, 2.45) is 5.92 Å². The molecule has 1 aromatic rings. The van der Waals surface area contributed by atoms with Crippen LogP contribution in [0.5, 0.6) is 0 Å². The van der Waals surface area contributed by atoms with Gasteiger partial charge in [-0.1, -0.05) is 20.8 Å². The van der Waals surface area contributed by atoms with Crippen molar-refractivity contribution < 1.29 is 0 Å². The van der Waals surface area contributed by atoms with Crippen LogP contribution in [0.1, 0.15) is 39.3 Å². The van der Waals surface area contributed by atoms with E-state index >= 15 is 0 Å². The topological polar surface area (TPSA) is 17.8 Å². The highest BCUT2D eigenvalue weighted by molar-refractivity contribution is 9.10.